The number of benzene rings is 1. The molecular formula is C21H24ClN3O3. The van der Waals surface area contributed by atoms with Gasteiger partial charge < -0.3 is 14.4 Å². The van der Waals surface area contributed by atoms with E-state index in [1.165, 1.54) is 0 Å². The second-order valence-corrected chi connectivity index (χ2v) is 7.08. The average molecular weight is 402 g/mol. The van der Waals surface area contributed by atoms with Crippen molar-refractivity contribution in [2.24, 2.45) is 0 Å². The van der Waals surface area contributed by atoms with Gasteiger partial charge in [0.05, 0.1) is 23.0 Å². The molecule has 6 nitrogen and oxygen atoms in total. The smallest absolute Gasteiger partial charge is 0.250 e. The fourth-order valence-corrected chi connectivity index (χ4v) is 3.23. The molecule has 1 atom stereocenters. The SMILES string of the molecule is CCCn1cc(-n2cc(-c3ccc(OC(C)CCO)cc3Cl)cn2)ccc1=O. The minimum atomic E-state index is -0.0894. The van der Waals surface area contributed by atoms with Crippen LogP contribution >= 0.6 is 11.6 Å². The Kier molecular flexibility index (Phi) is 6.54. The number of hydrogen-bond donors (Lipinski definition) is 1. The van der Waals surface area contributed by atoms with E-state index in [9.17, 15) is 4.79 Å². The Balaban J connectivity index is 1.84. The van der Waals surface area contributed by atoms with Gasteiger partial charge in [-0.15, -0.1) is 0 Å². The summed E-state index contributed by atoms with van der Waals surface area (Å²) in [6.45, 7) is 4.69. The van der Waals surface area contributed by atoms with Crippen molar-refractivity contribution in [1.29, 1.82) is 0 Å². The predicted molar refractivity (Wildman–Crippen MR) is 110 cm³/mol. The van der Waals surface area contributed by atoms with Gasteiger partial charge in [-0.25, -0.2) is 4.68 Å². The first kappa shape index (κ1) is 20.2. The summed E-state index contributed by atoms with van der Waals surface area (Å²) in [7, 11) is 0. The minimum Gasteiger partial charge on any atom is -0.491 e. The van der Waals surface area contributed by atoms with Crippen LogP contribution in [0, 0.1) is 0 Å². The molecule has 0 bridgehead atoms. The maximum absolute atomic E-state index is 11.9. The molecule has 2 heterocycles. The number of rotatable bonds is 8. The molecule has 148 valence electrons. The van der Waals surface area contributed by atoms with Crippen molar-refractivity contribution in [3.8, 4) is 22.6 Å². The molecule has 3 aromatic rings. The lowest BCUT2D eigenvalue weighted by Crippen LogP contribution is -2.19. The number of pyridine rings is 1. The normalized spacial score (nSPS) is 12.1. The highest BCUT2D eigenvalue weighted by Crippen LogP contribution is 2.31. The molecule has 28 heavy (non-hydrogen) atoms. The quantitative estimate of drug-likeness (QED) is 0.621. The van der Waals surface area contributed by atoms with Gasteiger partial charge in [0, 0.05) is 49.2 Å². The number of aliphatic hydroxyl groups excluding tert-OH is 1. The van der Waals surface area contributed by atoms with Gasteiger partial charge in [0.1, 0.15) is 5.75 Å². The molecule has 0 fully saturated rings. The zero-order valence-electron chi connectivity index (χ0n) is 16.0. The summed E-state index contributed by atoms with van der Waals surface area (Å²) < 4.78 is 9.16. The Labute approximate surface area is 169 Å². The van der Waals surface area contributed by atoms with E-state index in [1.54, 1.807) is 33.6 Å². The maximum atomic E-state index is 11.9. The van der Waals surface area contributed by atoms with Crippen molar-refractivity contribution < 1.29 is 9.84 Å². The first-order valence-electron chi connectivity index (χ1n) is 9.34. The second-order valence-electron chi connectivity index (χ2n) is 6.67. The van der Waals surface area contributed by atoms with Gasteiger partial charge in [-0.2, -0.15) is 5.10 Å². The molecule has 0 saturated heterocycles. The summed E-state index contributed by atoms with van der Waals surface area (Å²) in [6, 6.07) is 8.82. The third-order valence-electron chi connectivity index (χ3n) is 4.40. The van der Waals surface area contributed by atoms with E-state index in [-0.39, 0.29) is 18.3 Å². The van der Waals surface area contributed by atoms with E-state index < -0.39 is 0 Å². The zero-order valence-corrected chi connectivity index (χ0v) is 16.8. The van der Waals surface area contributed by atoms with Gasteiger partial charge in [-0.05, 0) is 37.6 Å². The Morgan fingerprint density at radius 1 is 1.25 bits per heavy atom. The van der Waals surface area contributed by atoms with Crippen LogP contribution in [0.15, 0.2) is 53.7 Å². The monoisotopic (exact) mass is 401 g/mol. The van der Waals surface area contributed by atoms with Crippen molar-refractivity contribution >= 4 is 11.6 Å². The minimum absolute atomic E-state index is 0.0213. The summed E-state index contributed by atoms with van der Waals surface area (Å²) in [4.78, 5) is 11.9. The van der Waals surface area contributed by atoms with Gasteiger partial charge in [-0.3, -0.25) is 4.79 Å². The van der Waals surface area contributed by atoms with Crippen LogP contribution in [0.25, 0.3) is 16.8 Å². The van der Waals surface area contributed by atoms with Crippen LogP contribution in [0.2, 0.25) is 5.02 Å². The van der Waals surface area contributed by atoms with Crippen LogP contribution in [0.3, 0.4) is 0 Å². The number of hydrogen-bond acceptors (Lipinski definition) is 4. The number of aliphatic hydroxyl groups is 1. The highest BCUT2D eigenvalue weighted by molar-refractivity contribution is 6.33. The van der Waals surface area contributed by atoms with E-state index in [2.05, 4.69) is 5.10 Å². The van der Waals surface area contributed by atoms with Crippen LogP contribution in [-0.4, -0.2) is 32.2 Å². The number of aryl methyl sites for hydroxylation is 1. The standard InChI is InChI=1S/C21H24ClN3O3/c1-3-9-24-14-17(4-7-21(24)27)25-13-16(12-23-25)19-6-5-18(11-20(19)22)28-15(2)8-10-26/h4-7,11-15,26H,3,8-10H2,1-2H3. The number of halogens is 1. The molecule has 0 spiro atoms. The van der Waals surface area contributed by atoms with Gasteiger partial charge in [-0.1, -0.05) is 18.5 Å². The maximum Gasteiger partial charge on any atom is 0.250 e. The second kappa shape index (κ2) is 9.08. The summed E-state index contributed by atoms with van der Waals surface area (Å²) in [5.74, 6) is 0.661. The van der Waals surface area contributed by atoms with Crippen molar-refractivity contribution in [1.82, 2.24) is 14.3 Å². The first-order valence-corrected chi connectivity index (χ1v) is 9.72. The molecular weight excluding hydrogens is 378 g/mol. The highest BCUT2D eigenvalue weighted by Gasteiger charge is 2.11. The van der Waals surface area contributed by atoms with Gasteiger partial charge in [0.25, 0.3) is 5.56 Å². The van der Waals surface area contributed by atoms with E-state index in [1.807, 2.05) is 38.4 Å². The Morgan fingerprint density at radius 3 is 2.79 bits per heavy atom. The van der Waals surface area contributed by atoms with E-state index in [0.29, 0.717) is 23.7 Å². The third-order valence-corrected chi connectivity index (χ3v) is 4.72. The Hall–Kier alpha value is -2.57. The molecule has 3 rings (SSSR count). The fraction of sp³-hybridized carbons (Fsp3) is 0.333. The third kappa shape index (κ3) is 4.64. The molecule has 1 aromatic carbocycles. The van der Waals surface area contributed by atoms with Crippen molar-refractivity contribution in [3.05, 3.63) is 64.3 Å². The van der Waals surface area contributed by atoms with E-state index in [4.69, 9.17) is 21.4 Å². The van der Waals surface area contributed by atoms with Crippen molar-refractivity contribution in [2.45, 2.75) is 39.3 Å². The predicted octanol–water partition coefficient (Wildman–Crippen LogP) is 3.91. The lowest BCUT2D eigenvalue weighted by Gasteiger charge is -2.14. The molecule has 1 N–H and O–H groups in total. The van der Waals surface area contributed by atoms with Crippen LogP contribution < -0.4 is 10.3 Å². The van der Waals surface area contributed by atoms with Crippen molar-refractivity contribution in [3.63, 3.8) is 0 Å². The van der Waals surface area contributed by atoms with Crippen molar-refractivity contribution in [2.75, 3.05) is 6.61 Å². The number of nitrogens with zero attached hydrogens (tertiary/aromatic N) is 3. The molecule has 0 radical (unpaired) electrons. The Bertz CT molecular complexity index is 997. The van der Waals surface area contributed by atoms with E-state index in [0.717, 1.165) is 23.2 Å². The number of aromatic nitrogens is 3. The van der Waals surface area contributed by atoms with Crippen LogP contribution in [0.4, 0.5) is 0 Å². The van der Waals surface area contributed by atoms with Gasteiger partial charge in [0.15, 0.2) is 0 Å². The molecule has 0 aliphatic carbocycles. The zero-order chi connectivity index (χ0) is 20.1. The molecule has 2 aromatic heterocycles. The number of ether oxygens (including phenoxy) is 1. The lowest BCUT2D eigenvalue weighted by atomic mass is 10.1. The summed E-state index contributed by atoms with van der Waals surface area (Å²) >= 11 is 6.46. The molecule has 0 amide bonds. The van der Waals surface area contributed by atoms with Gasteiger partial charge in [0.2, 0.25) is 0 Å². The molecule has 1 unspecified atom stereocenters. The topological polar surface area (TPSA) is 69.3 Å². The van der Waals surface area contributed by atoms with Gasteiger partial charge >= 0.3 is 0 Å². The van der Waals surface area contributed by atoms with E-state index >= 15 is 0 Å². The Morgan fingerprint density at radius 2 is 2.07 bits per heavy atom. The van der Waals surface area contributed by atoms with Crippen LogP contribution in [0.1, 0.15) is 26.7 Å². The molecule has 0 saturated carbocycles. The fourth-order valence-electron chi connectivity index (χ4n) is 2.95. The largest absolute Gasteiger partial charge is 0.491 e. The highest BCUT2D eigenvalue weighted by atomic mass is 35.5. The summed E-state index contributed by atoms with van der Waals surface area (Å²) in [5.41, 5.74) is 2.50. The molecule has 7 heteroatoms. The van der Waals surface area contributed by atoms with Crippen LogP contribution in [-0.2, 0) is 6.54 Å². The molecule has 0 aliphatic rings. The first-order chi connectivity index (χ1) is 13.5. The molecule has 0 aliphatic heterocycles. The van der Waals surface area contributed by atoms with Crippen LogP contribution in [0.5, 0.6) is 5.75 Å². The lowest BCUT2D eigenvalue weighted by molar-refractivity contribution is 0.169. The summed E-state index contributed by atoms with van der Waals surface area (Å²) in [6.07, 6.45) is 6.79. The average Bonchev–Trinajstić information content (AvgIpc) is 3.14. The summed E-state index contributed by atoms with van der Waals surface area (Å²) in [5, 5.41) is 14.0.